The van der Waals surface area contributed by atoms with Crippen molar-refractivity contribution in [2.75, 3.05) is 13.7 Å². The van der Waals surface area contributed by atoms with Crippen LogP contribution < -0.4 is 5.32 Å². The molecule has 0 aromatic carbocycles. The van der Waals surface area contributed by atoms with Crippen LogP contribution in [0.5, 0.6) is 0 Å². The van der Waals surface area contributed by atoms with E-state index in [2.05, 4.69) is 26.1 Å². The fourth-order valence-electron chi connectivity index (χ4n) is 8.09. The van der Waals surface area contributed by atoms with E-state index < -0.39 is 0 Å². The number of Topliss-reactive ketones (excluding diaryl/α,β-unsaturated/α-hetero) is 1. The molecule has 152 valence electrons. The van der Waals surface area contributed by atoms with E-state index in [0.29, 0.717) is 41.9 Å². The van der Waals surface area contributed by atoms with E-state index in [1.165, 1.54) is 20.0 Å². The fourth-order valence-corrected chi connectivity index (χ4v) is 8.09. The number of piperidine rings is 1. The van der Waals surface area contributed by atoms with Crippen LogP contribution in [-0.2, 0) is 14.3 Å². The van der Waals surface area contributed by atoms with E-state index in [9.17, 15) is 9.59 Å². The van der Waals surface area contributed by atoms with Crippen molar-refractivity contribution in [2.45, 2.75) is 78.2 Å². The number of rotatable bonds is 4. The fraction of sp³-hybridized carbons (Fsp3) is 0.913. The van der Waals surface area contributed by atoms with Crippen LogP contribution in [0, 0.1) is 40.4 Å². The van der Waals surface area contributed by atoms with Crippen LogP contribution >= 0.6 is 0 Å². The van der Waals surface area contributed by atoms with Gasteiger partial charge in [-0.3, -0.25) is 9.59 Å². The Labute approximate surface area is 164 Å². The highest BCUT2D eigenvalue weighted by atomic mass is 16.5. The summed E-state index contributed by atoms with van der Waals surface area (Å²) in [6.45, 7) is 8.25. The zero-order valence-corrected chi connectivity index (χ0v) is 17.6. The highest BCUT2D eigenvalue weighted by molar-refractivity contribution is 5.82. The minimum atomic E-state index is -0.0986. The molecule has 0 radical (unpaired) electrons. The van der Waals surface area contributed by atoms with E-state index in [-0.39, 0.29) is 22.7 Å². The number of nitrogens with one attached hydrogen (secondary N) is 1. The summed E-state index contributed by atoms with van der Waals surface area (Å²) in [5.41, 5.74) is 0.289. The molecule has 3 aliphatic carbocycles. The molecule has 4 heteroatoms. The maximum absolute atomic E-state index is 12.9. The third-order valence-corrected chi connectivity index (χ3v) is 9.39. The van der Waals surface area contributed by atoms with Crippen LogP contribution in [0.15, 0.2) is 0 Å². The molecule has 1 saturated heterocycles. The highest BCUT2D eigenvalue weighted by Gasteiger charge is 2.69. The molecule has 4 fully saturated rings. The predicted octanol–water partition coefficient (Wildman–Crippen LogP) is 3.98. The molecule has 4 bridgehead atoms. The van der Waals surface area contributed by atoms with Crippen molar-refractivity contribution >= 4 is 11.8 Å². The summed E-state index contributed by atoms with van der Waals surface area (Å²) in [5.74, 6) is 2.88. The van der Waals surface area contributed by atoms with Gasteiger partial charge in [0.2, 0.25) is 0 Å². The van der Waals surface area contributed by atoms with Crippen molar-refractivity contribution in [3.05, 3.63) is 0 Å². The number of carbonyl (C=O) groups is 2. The normalized spacial score (nSPS) is 46.1. The summed E-state index contributed by atoms with van der Waals surface area (Å²) < 4.78 is 5.04. The molecule has 1 heterocycles. The summed E-state index contributed by atoms with van der Waals surface area (Å²) in [4.78, 5) is 25.1. The van der Waals surface area contributed by atoms with Crippen molar-refractivity contribution in [3.8, 4) is 0 Å². The van der Waals surface area contributed by atoms with Gasteiger partial charge in [0.05, 0.1) is 7.11 Å². The van der Waals surface area contributed by atoms with Gasteiger partial charge in [0, 0.05) is 24.8 Å². The van der Waals surface area contributed by atoms with Crippen LogP contribution in [0.3, 0.4) is 0 Å². The summed E-state index contributed by atoms with van der Waals surface area (Å²) in [6, 6.07) is 0.427. The Kier molecular flexibility index (Phi) is 4.93. The lowest BCUT2D eigenvalue weighted by molar-refractivity contribution is -0.221. The number of esters is 1. The molecule has 0 aromatic heterocycles. The SMILES string of the molecule is COC(=O)CCC12C3NC[C@@H](C[C@@H]4C(=O)CCCC41)C2(C)CCC3C(C)C. The Balaban J connectivity index is 1.81. The lowest BCUT2D eigenvalue weighted by Gasteiger charge is -2.72. The number of hydrogen-bond acceptors (Lipinski definition) is 4. The van der Waals surface area contributed by atoms with Gasteiger partial charge in [-0.15, -0.1) is 0 Å². The largest absolute Gasteiger partial charge is 0.469 e. The smallest absolute Gasteiger partial charge is 0.305 e. The van der Waals surface area contributed by atoms with E-state index in [1.54, 1.807) is 0 Å². The topological polar surface area (TPSA) is 55.4 Å². The first-order chi connectivity index (χ1) is 12.8. The predicted molar refractivity (Wildman–Crippen MR) is 105 cm³/mol. The molecule has 0 spiro atoms. The van der Waals surface area contributed by atoms with E-state index >= 15 is 0 Å². The van der Waals surface area contributed by atoms with Gasteiger partial charge in [0.15, 0.2) is 0 Å². The number of methoxy groups -OCH3 is 1. The quantitative estimate of drug-likeness (QED) is 0.755. The lowest BCUT2D eigenvalue weighted by atomic mass is 9.35. The summed E-state index contributed by atoms with van der Waals surface area (Å²) in [6.07, 6.45) is 7.89. The Bertz CT molecular complexity index is 617. The Morgan fingerprint density at radius 2 is 2.11 bits per heavy atom. The maximum atomic E-state index is 12.9. The average Bonchev–Trinajstić information content (AvgIpc) is 2.62. The molecular formula is C23H37NO3. The Morgan fingerprint density at radius 3 is 2.81 bits per heavy atom. The number of carbonyl (C=O) groups excluding carboxylic acids is 2. The van der Waals surface area contributed by atoms with Gasteiger partial charge in [0.25, 0.3) is 0 Å². The third-order valence-electron chi connectivity index (χ3n) is 9.39. The first-order valence-corrected chi connectivity index (χ1v) is 11.2. The zero-order valence-electron chi connectivity index (χ0n) is 17.6. The van der Waals surface area contributed by atoms with Gasteiger partial charge in [0.1, 0.15) is 5.78 Å². The van der Waals surface area contributed by atoms with Crippen LogP contribution in [0.4, 0.5) is 0 Å². The maximum Gasteiger partial charge on any atom is 0.305 e. The molecule has 0 aromatic rings. The van der Waals surface area contributed by atoms with Crippen LogP contribution in [0.2, 0.25) is 0 Å². The molecule has 27 heavy (non-hydrogen) atoms. The van der Waals surface area contributed by atoms with Crippen molar-refractivity contribution < 1.29 is 14.3 Å². The summed E-state index contributed by atoms with van der Waals surface area (Å²) in [7, 11) is 1.50. The molecule has 1 N–H and O–H groups in total. The molecular weight excluding hydrogens is 338 g/mol. The molecule has 7 atom stereocenters. The summed E-state index contributed by atoms with van der Waals surface area (Å²) >= 11 is 0. The molecule has 1 aliphatic heterocycles. The Hall–Kier alpha value is -0.900. The molecule has 5 unspecified atom stereocenters. The highest BCUT2D eigenvalue weighted by Crippen LogP contribution is 2.71. The van der Waals surface area contributed by atoms with Crippen molar-refractivity contribution in [3.63, 3.8) is 0 Å². The van der Waals surface area contributed by atoms with Gasteiger partial charge < -0.3 is 10.1 Å². The van der Waals surface area contributed by atoms with Gasteiger partial charge in [-0.1, -0.05) is 20.8 Å². The monoisotopic (exact) mass is 375 g/mol. The molecule has 0 amide bonds. The standard InChI is InChI=1S/C23H37NO3/c1-14(2)16-8-10-22(3)15-12-17-18(6-5-7-19(17)25)23(22,21(16)24-13-15)11-9-20(26)27-4/h14-18,21,24H,5-13H2,1-4H3/t15-,16?,17+,18?,21?,22?,23?/m1/s1. The van der Waals surface area contributed by atoms with Crippen molar-refractivity contribution in [1.29, 1.82) is 0 Å². The van der Waals surface area contributed by atoms with E-state index in [4.69, 9.17) is 4.74 Å². The van der Waals surface area contributed by atoms with Crippen molar-refractivity contribution in [1.82, 2.24) is 5.32 Å². The van der Waals surface area contributed by atoms with Crippen LogP contribution in [-0.4, -0.2) is 31.4 Å². The lowest BCUT2D eigenvalue weighted by Crippen LogP contribution is -2.75. The zero-order chi connectivity index (χ0) is 19.4. The second kappa shape index (κ2) is 6.86. The van der Waals surface area contributed by atoms with Crippen LogP contribution in [0.1, 0.15) is 72.1 Å². The molecule has 4 rings (SSSR count). The van der Waals surface area contributed by atoms with Gasteiger partial charge in [-0.05, 0) is 79.6 Å². The minimum Gasteiger partial charge on any atom is -0.469 e. The second-order valence-electron chi connectivity index (χ2n) is 10.4. The number of hydrogen-bond donors (Lipinski definition) is 1. The third kappa shape index (κ3) is 2.65. The molecule has 4 aliphatic rings. The first-order valence-electron chi connectivity index (χ1n) is 11.2. The first kappa shape index (κ1) is 19.4. The summed E-state index contributed by atoms with van der Waals surface area (Å²) in [5, 5.41) is 3.98. The van der Waals surface area contributed by atoms with Gasteiger partial charge in [-0.25, -0.2) is 0 Å². The molecule has 3 saturated carbocycles. The number of fused-ring (bicyclic) bond motifs is 1. The number of ether oxygens (including phenoxy) is 1. The Morgan fingerprint density at radius 1 is 1.33 bits per heavy atom. The second-order valence-corrected chi connectivity index (χ2v) is 10.4. The molecule has 4 nitrogen and oxygen atoms in total. The van der Waals surface area contributed by atoms with Gasteiger partial charge >= 0.3 is 5.97 Å². The number of ketones is 1. The van der Waals surface area contributed by atoms with E-state index in [1.807, 2.05) is 0 Å². The minimum absolute atomic E-state index is 0.0519. The van der Waals surface area contributed by atoms with Gasteiger partial charge in [-0.2, -0.15) is 0 Å². The average molecular weight is 376 g/mol. The van der Waals surface area contributed by atoms with Crippen molar-refractivity contribution in [2.24, 2.45) is 40.4 Å². The van der Waals surface area contributed by atoms with E-state index in [0.717, 1.165) is 38.6 Å². The van der Waals surface area contributed by atoms with Crippen LogP contribution in [0.25, 0.3) is 0 Å².